The first-order valence-corrected chi connectivity index (χ1v) is 15.4. The van der Waals surface area contributed by atoms with Crippen LogP contribution in [0, 0.1) is 11.8 Å². The van der Waals surface area contributed by atoms with E-state index in [1.165, 1.54) is 29.0 Å². The van der Waals surface area contributed by atoms with E-state index in [0.717, 1.165) is 49.8 Å². The number of nitrogens with one attached hydrogen (secondary N) is 1. The highest BCUT2D eigenvalue weighted by Gasteiger charge is 2.24. The van der Waals surface area contributed by atoms with Gasteiger partial charge in [0.2, 0.25) is 5.95 Å². The van der Waals surface area contributed by atoms with Gasteiger partial charge in [0.1, 0.15) is 23.1 Å². The molecule has 3 aromatic heterocycles. The van der Waals surface area contributed by atoms with Crippen molar-refractivity contribution in [3.8, 4) is 11.4 Å². The van der Waals surface area contributed by atoms with Crippen LogP contribution in [0.15, 0.2) is 41.8 Å². The Balaban J connectivity index is 1.42. The lowest BCUT2D eigenvalue weighted by Crippen LogP contribution is -2.35. The van der Waals surface area contributed by atoms with Gasteiger partial charge in [-0.3, -0.25) is 19.1 Å². The van der Waals surface area contributed by atoms with Gasteiger partial charge in [0.15, 0.2) is 12.5 Å². The Bertz CT molecular complexity index is 1540. The van der Waals surface area contributed by atoms with Crippen LogP contribution in [0.2, 0.25) is 0 Å². The number of hydrogen-bond donors (Lipinski definition) is 3. The average Bonchev–Trinajstić information content (AvgIpc) is 3.69. The van der Waals surface area contributed by atoms with Crippen molar-refractivity contribution in [2.24, 2.45) is 11.5 Å². The van der Waals surface area contributed by atoms with Crippen molar-refractivity contribution in [1.29, 1.82) is 0 Å². The highest BCUT2D eigenvalue weighted by Crippen LogP contribution is 2.35. The monoisotopic (exact) mass is 646 g/mol. The normalized spacial score (nSPS) is 15.4. The maximum Gasteiger partial charge on any atom is 0.325 e. The molecule has 16 heteroatoms. The molecule has 1 amide bonds. The number of esters is 2. The number of anilines is 1. The van der Waals surface area contributed by atoms with Gasteiger partial charge in [-0.15, -0.1) is 11.8 Å². The quantitative estimate of drug-likeness (QED) is 0.139. The zero-order valence-corrected chi connectivity index (χ0v) is 25.8. The van der Waals surface area contributed by atoms with Gasteiger partial charge >= 0.3 is 11.9 Å². The number of carbonyl (C=O) groups excluding carboxylic acids is 3. The molecule has 2 unspecified atom stereocenters. The fourth-order valence-corrected chi connectivity index (χ4v) is 5.68. The Kier molecular flexibility index (Phi) is 11.6. The average molecular weight is 647 g/mol. The Morgan fingerprint density at radius 1 is 1.18 bits per heavy atom. The highest BCUT2D eigenvalue weighted by molar-refractivity contribution is 8.02. The molecule has 1 saturated carbocycles. The standard InChI is InChI=1S/C29H36F2N8O5S/c1-3-23(17-12-34-38(13-17)16-44-29(42)20(32)11-25(40)43-2)45-15-21(33)28(41)35-22-14-39(18-7-5-4-6-8-18)37-27(22)26-19(30)9-10-24(31)36-26/h9-10,12-15,18,20,23H,3-8,11,16,32-33H2,1-2H3,(H,35,41)/b21-15-. The van der Waals surface area contributed by atoms with Crippen LogP contribution in [0.1, 0.15) is 68.7 Å². The molecule has 13 nitrogen and oxygen atoms in total. The summed E-state index contributed by atoms with van der Waals surface area (Å²) in [5, 5.41) is 12.7. The summed E-state index contributed by atoms with van der Waals surface area (Å²) in [6, 6.07) is 0.781. The van der Waals surface area contributed by atoms with Gasteiger partial charge in [-0.25, -0.2) is 14.1 Å². The smallest absolute Gasteiger partial charge is 0.325 e. The number of halogens is 2. The minimum Gasteiger partial charge on any atom is -0.469 e. The molecule has 1 aliphatic carbocycles. The molecule has 45 heavy (non-hydrogen) atoms. The first-order chi connectivity index (χ1) is 21.6. The largest absolute Gasteiger partial charge is 0.469 e. The Morgan fingerprint density at radius 2 is 1.93 bits per heavy atom. The van der Waals surface area contributed by atoms with E-state index in [1.54, 1.807) is 23.3 Å². The van der Waals surface area contributed by atoms with Crippen LogP contribution in [-0.2, 0) is 30.6 Å². The third-order valence-electron chi connectivity index (χ3n) is 7.24. The number of hydrogen-bond acceptors (Lipinski definition) is 11. The molecule has 3 heterocycles. The summed E-state index contributed by atoms with van der Waals surface area (Å²) in [6.45, 7) is 1.73. The van der Waals surface area contributed by atoms with Crippen molar-refractivity contribution in [3.05, 3.63) is 59.2 Å². The number of rotatable bonds is 13. The second kappa shape index (κ2) is 15.6. The lowest BCUT2D eigenvalue weighted by molar-refractivity contribution is -0.153. The fourth-order valence-electron chi connectivity index (χ4n) is 4.79. The Morgan fingerprint density at radius 3 is 2.64 bits per heavy atom. The highest BCUT2D eigenvalue weighted by atomic mass is 32.2. The van der Waals surface area contributed by atoms with Crippen molar-refractivity contribution >= 4 is 35.3 Å². The first-order valence-electron chi connectivity index (χ1n) is 14.4. The summed E-state index contributed by atoms with van der Waals surface area (Å²) in [6.07, 6.45) is 10.1. The molecule has 2 atom stereocenters. The summed E-state index contributed by atoms with van der Waals surface area (Å²) < 4.78 is 41.3. The predicted octanol–water partition coefficient (Wildman–Crippen LogP) is 3.94. The van der Waals surface area contributed by atoms with Crippen LogP contribution in [0.5, 0.6) is 0 Å². The Hall–Kier alpha value is -4.31. The van der Waals surface area contributed by atoms with Crippen LogP contribution in [0.25, 0.3) is 11.4 Å². The summed E-state index contributed by atoms with van der Waals surface area (Å²) in [5.74, 6) is -3.70. The molecule has 242 valence electrons. The second-order valence-corrected chi connectivity index (χ2v) is 11.6. The van der Waals surface area contributed by atoms with E-state index in [4.69, 9.17) is 16.2 Å². The van der Waals surface area contributed by atoms with Gasteiger partial charge in [0.25, 0.3) is 5.91 Å². The molecule has 1 fully saturated rings. The number of amides is 1. The molecule has 0 aliphatic heterocycles. The number of thioether (sulfide) groups is 1. The Labute approximate surface area is 262 Å². The van der Waals surface area contributed by atoms with E-state index in [9.17, 15) is 23.2 Å². The zero-order valence-electron chi connectivity index (χ0n) is 24.9. The molecular weight excluding hydrogens is 610 g/mol. The van der Waals surface area contributed by atoms with Crippen LogP contribution >= 0.6 is 11.8 Å². The number of nitrogens with two attached hydrogens (primary N) is 2. The number of aromatic nitrogens is 5. The van der Waals surface area contributed by atoms with Crippen molar-refractivity contribution in [3.63, 3.8) is 0 Å². The van der Waals surface area contributed by atoms with Crippen LogP contribution in [0.4, 0.5) is 14.5 Å². The van der Waals surface area contributed by atoms with Gasteiger partial charge in [-0.1, -0.05) is 26.2 Å². The van der Waals surface area contributed by atoms with Crippen LogP contribution in [-0.4, -0.2) is 55.5 Å². The van der Waals surface area contributed by atoms with Crippen molar-refractivity contribution in [1.82, 2.24) is 24.5 Å². The third kappa shape index (κ3) is 8.88. The predicted molar refractivity (Wildman–Crippen MR) is 162 cm³/mol. The molecule has 0 aromatic carbocycles. The van der Waals surface area contributed by atoms with Gasteiger partial charge < -0.3 is 26.3 Å². The fraction of sp³-hybridized carbons (Fsp3) is 0.448. The van der Waals surface area contributed by atoms with Crippen LogP contribution < -0.4 is 16.8 Å². The van der Waals surface area contributed by atoms with Crippen LogP contribution in [0.3, 0.4) is 0 Å². The first kappa shape index (κ1) is 33.6. The molecule has 0 bridgehead atoms. The summed E-state index contributed by atoms with van der Waals surface area (Å²) in [7, 11) is 1.20. The summed E-state index contributed by atoms with van der Waals surface area (Å²) in [4.78, 5) is 40.2. The minimum atomic E-state index is -1.16. The lowest BCUT2D eigenvalue weighted by Gasteiger charge is -2.21. The molecule has 5 N–H and O–H groups in total. The SMILES string of the molecule is CCC(S/C=C(\N)C(=O)Nc1cn(C2CCCCC2)nc1-c1nc(F)ccc1F)c1cnn(COC(=O)C(N)CC(=O)OC)c1. The molecule has 1 aliphatic rings. The molecule has 0 spiro atoms. The number of carbonyl (C=O) groups is 3. The van der Waals surface area contributed by atoms with E-state index >= 15 is 0 Å². The maximum atomic E-state index is 14.7. The topological polar surface area (TPSA) is 182 Å². The number of methoxy groups -OCH3 is 1. The van der Waals surface area contributed by atoms with E-state index in [0.29, 0.717) is 6.42 Å². The molecule has 4 rings (SSSR count). The molecule has 0 saturated heterocycles. The molecule has 3 aromatic rings. The number of ether oxygens (including phenoxy) is 2. The van der Waals surface area contributed by atoms with E-state index in [1.807, 2.05) is 6.92 Å². The molecular formula is C29H36F2N8O5S. The minimum absolute atomic E-state index is 0.0113. The second-order valence-electron chi connectivity index (χ2n) is 10.5. The maximum absolute atomic E-state index is 14.7. The summed E-state index contributed by atoms with van der Waals surface area (Å²) in [5.41, 5.74) is 12.3. The van der Waals surface area contributed by atoms with Crippen molar-refractivity contribution in [2.75, 3.05) is 12.4 Å². The molecule has 0 radical (unpaired) electrons. The third-order valence-corrected chi connectivity index (χ3v) is 8.56. The van der Waals surface area contributed by atoms with Crippen molar-refractivity contribution < 1.29 is 32.6 Å². The van der Waals surface area contributed by atoms with Gasteiger partial charge in [0.05, 0.1) is 31.5 Å². The number of pyridine rings is 1. The number of nitrogens with zero attached hydrogens (tertiary/aromatic N) is 5. The van der Waals surface area contributed by atoms with Gasteiger partial charge in [-0.05, 0) is 31.4 Å². The van der Waals surface area contributed by atoms with Gasteiger partial charge in [-0.2, -0.15) is 14.6 Å². The zero-order chi connectivity index (χ0) is 32.5. The lowest BCUT2D eigenvalue weighted by atomic mass is 9.96. The van der Waals surface area contributed by atoms with Crippen molar-refractivity contribution in [2.45, 2.75) is 75.9 Å². The van der Waals surface area contributed by atoms with E-state index in [2.05, 4.69) is 25.2 Å². The van der Waals surface area contributed by atoms with Gasteiger partial charge in [0, 0.05) is 28.6 Å². The van der Waals surface area contributed by atoms with E-state index < -0.39 is 35.7 Å². The summed E-state index contributed by atoms with van der Waals surface area (Å²) >= 11 is 1.28. The van der Waals surface area contributed by atoms with E-state index in [-0.39, 0.29) is 47.2 Å².